The molecule has 0 spiro atoms. The summed E-state index contributed by atoms with van der Waals surface area (Å²) in [4.78, 5) is 14.6. The zero-order chi connectivity index (χ0) is 28.2. The number of carbonyl (C=O) groups excluding carboxylic acids is 1. The molecule has 2 aromatic carbocycles. The van der Waals surface area contributed by atoms with Crippen molar-refractivity contribution in [2.45, 2.75) is 59.3 Å². The molecule has 40 heavy (non-hydrogen) atoms. The second-order valence-electron chi connectivity index (χ2n) is 9.54. The standard InChI is InChI=1S/C31H39N5O2S2/c1-4-7-8-9-10-11-20-38-31(37)23-12-14-24(15-13-23)32-34-29-21-27-28(39-29)22-30(40-27)35-33-25-16-18-26(19-17-25)36(5-2)6-3/h12-19,21-22,33,35H,4-11,20H2,1-3H3/b34-32+. The van der Waals surface area contributed by atoms with Crippen LogP contribution in [0.1, 0.15) is 69.7 Å². The largest absolute Gasteiger partial charge is 0.462 e. The highest BCUT2D eigenvalue weighted by molar-refractivity contribution is 7.31. The van der Waals surface area contributed by atoms with E-state index in [-0.39, 0.29) is 5.97 Å². The lowest BCUT2D eigenvalue weighted by Gasteiger charge is -2.21. The summed E-state index contributed by atoms with van der Waals surface area (Å²) in [6.45, 7) is 9.01. The highest BCUT2D eigenvalue weighted by Gasteiger charge is 2.09. The van der Waals surface area contributed by atoms with Crippen molar-refractivity contribution in [1.29, 1.82) is 0 Å². The Morgan fingerprint density at radius 3 is 2.20 bits per heavy atom. The lowest BCUT2D eigenvalue weighted by Crippen LogP contribution is -2.21. The maximum atomic E-state index is 12.3. The molecule has 9 heteroatoms. The lowest BCUT2D eigenvalue weighted by atomic mass is 10.1. The zero-order valence-corrected chi connectivity index (χ0v) is 25.2. The highest BCUT2D eigenvalue weighted by Crippen LogP contribution is 2.40. The van der Waals surface area contributed by atoms with E-state index in [2.05, 4.69) is 77.1 Å². The van der Waals surface area contributed by atoms with Crippen molar-refractivity contribution in [2.24, 2.45) is 10.2 Å². The van der Waals surface area contributed by atoms with Gasteiger partial charge in [0.2, 0.25) is 0 Å². The van der Waals surface area contributed by atoms with Crippen LogP contribution in [0.5, 0.6) is 0 Å². The van der Waals surface area contributed by atoms with E-state index in [0.717, 1.165) is 51.0 Å². The summed E-state index contributed by atoms with van der Waals surface area (Å²) in [7, 11) is 0. The molecule has 0 aliphatic heterocycles. The van der Waals surface area contributed by atoms with Gasteiger partial charge in [0.15, 0.2) is 0 Å². The van der Waals surface area contributed by atoms with Crippen molar-refractivity contribution in [3.05, 3.63) is 66.2 Å². The van der Waals surface area contributed by atoms with Gasteiger partial charge in [0.05, 0.1) is 23.5 Å². The van der Waals surface area contributed by atoms with E-state index in [9.17, 15) is 4.79 Å². The molecule has 7 nitrogen and oxygen atoms in total. The Balaban J connectivity index is 1.24. The Morgan fingerprint density at radius 1 is 0.800 bits per heavy atom. The first kappa shape index (κ1) is 29.6. The molecule has 0 bridgehead atoms. The fourth-order valence-corrected chi connectivity index (χ4v) is 6.38. The fourth-order valence-electron chi connectivity index (χ4n) is 4.31. The van der Waals surface area contributed by atoms with Crippen LogP contribution in [-0.2, 0) is 4.74 Å². The van der Waals surface area contributed by atoms with E-state index in [1.54, 1.807) is 46.9 Å². The van der Waals surface area contributed by atoms with Crippen LogP contribution in [0, 0.1) is 0 Å². The normalized spacial score (nSPS) is 11.3. The molecule has 2 heterocycles. The molecular weight excluding hydrogens is 539 g/mol. The molecule has 0 radical (unpaired) electrons. The molecule has 4 aromatic rings. The third-order valence-electron chi connectivity index (χ3n) is 6.62. The van der Waals surface area contributed by atoms with Crippen molar-refractivity contribution < 1.29 is 9.53 Å². The van der Waals surface area contributed by atoms with Crippen molar-refractivity contribution in [2.75, 3.05) is 35.4 Å². The van der Waals surface area contributed by atoms with E-state index in [0.29, 0.717) is 17.9 Å². The van der Waals surface area contributed by atoms with Crippen LogP contribution in [0.3, 0.4) is 0 Å². The third-order valence-corrected chi connectivity index (χ3v) is 8.71. The van der Waals surface area contributed by atoms with Crippen LogP contribution in [0.2, 0.25) is 0 Å². The van der Waals surface area contributed by atoms with E-state index in [4.69, 9.17) is 4.74 Å². The van der Waals surface area contributed by atoms with Crippen molar-refractivity contribution in [3.63, 3.8) is 0 Å². The van der Waals surface area contributed by atoms with Crippen molar-refractivity contribution >= 4 is 65.1 Å². The number of hydrogen-bond donors (Lipinski definition) is 2. The Bertz CT molecular complexity index is 1330. The number of esters is 1. The quantitative estimate of drug-likeness (QED) is 0.0599. The number of rotatable bonds is 16. The number of benzene rings is 2. The monoisotopic (exact) mass is 577 g/mol. The predicted octanol–water partition coefficient (Wildman–Crippen LogP) is 10.2. The molecule has 0 atom stereocenters. The molecule has 2 aromatic heterocycles. The van der Waals surface area contributed by atoms with Gasteiger partial charge in [-0.05, 0) is 80.9 Å². The van der Waals surface area contributed by atoms with Gasteiger partial charge in [-0.15, -0.1) is 32.9 Å². The zero-order valence-electron chi connectivity index (χ0n) is 23.6. The maximum Gasteiger partial charge on any atom is 0.338 e. The Hall–Kier alpha value is -3.43. The third kappa shape index (κ3) is 8.53. The first-order valence-electron chi connectivity index (χ1n) is 14.2. The first-order valence-corrected chi connectivity index (χ1v) is 15.8. The maximum absolute atomic E-state index is 12.3. The van der Waals surface area contributed by atoms with Crippen molar-refractivity contribution in [3.8, 4) is 0 Å². The molecule has 0 saturated heterocycles. The van der Waals surface area contributed by atoms with Gasteiger partial charge in [-0.3, -0.25) is 5.43 Å². The molecule has 212 valence electrons. The Labute approximate surface area is 245 Å². The van der Waals surface area contributed by atoms with Crippen LogP contribution in [0.15, 0.2) is 70.9 Å². The summed E-state index contributed by atoms with van der Waals surface area (Å²) in [6, 6.07) is 19.7. The van der Waals surface area contributed by atoms with Gasteiger partial charge in [0.25, 0.3) is 0 Å². The topological polar surface area (TPSA) is 78.3 Å². The van der Waals surface area contributed by atoms with Crippen LogP contribution in [0.25, 0.3) is 9.40 Å². The van der Waals surface area contributed by atoms with Gasteiger partial charge in [0, 0.05) is 28.2 Å². The number of azo groups is 1. The summed E-state index contributed by atoms with van der Waals surface area (Å²) in [5, 5.41) is 10.6. The predicted molar refractivity (Wildman–Crippen MR) is 171 cm³/mol. The lowest BCUT2D eigenvalue weighted by molar-refractivity contribution is 0.0497. The van der Waals surface area contributed by atoms with Gasteiger partial charge in [0.1, 0.15) is 10.0 Å². The molecular formula is C31H39N5O2S2. The Morgan fingerprint density at radius 2 is 1.50 bits per heavy atom. The van der Waals surface area contributed by atoms with Crippen LogP contribution in [0.4, 0.5) is 27.1 Å². The number of nitrogens with one attached hydrogen (secondary N) is 2. The van der Waals surface area contributed by atoms with Crippen LogP contribution in [-0.4, -0.2) is 25.7 Å². The molecule has 2 N–H and O–H groups in total. The minimum Gasteiger partial charge on any atom is -0.462 e. The van der Waals surface area contributed by atoms with E-state index in [1.165, 1.54) is 31.4 Å². The van der Waals surface area contributed by atoms with Gasteiger partial charge in [-0.1, -0.05) is 39.0 Å². The molecule has 0 aliphatic rings. The second kappa shape index (κ2) is 15.4. The van der Waals surface area contributed by atoms with Crippen LogP contribution >= 0.6 is 22.7 Å². The molecule has 4 rings (SSSR count). The molecule has 0 fully saturated rings. The number of hydrazine groups is 1. The SMILES string of the molecule is CCCCCCCCOC(=O)c1ccc(/N=N/c2cc3sc(NNc4ccc(N(CC)CC)cc4)cc3s2)cc1. The second-order valence-corrected chi connectivity index (χ2v) is 11.7. The van der Waals surface area contributed by atoms with Gasteiger partial charge in [-0.25, -0.2) is 4.79 Å². The van der Waals surface area contributed by atoms with E-state index in [1.807, 2.05) is 6.07 Å². The summed E-state index contributed by atoms with van der Waals surface area (Å²) in [6.07, 6.45) is 6.99. The number of carbonyl (C=O) groups is 1. The number of hydrogen-bond acceptors (Lipinski definition) is 9. The number of unbranched alkanes of at least 4 members (excludes halogenated alkanes) is 5. The Kier molecular flexibility index (Phi) is 11.4. The average Bonchev–Trinajstić information content (AvgIpc) is 3.54. The molecule has 0 amide bonds. The van der Waals surface area contributed by atoms with Crippen LogP contribution < -0.4 is 15.8 Å². The summed E-state index contributed by atoms with van der Waals surface area (Å²) < 4.78 is 7.71. The average molecular weight is 578 g/mol. The molecule has 0 saturated carbocycles. The fraction of sp³-hybridized carbons (Fsp3) is 0.387. The summed E-state index contributed by atoms with van der Waals surface area (Å²) in [5.41, 5.74) is 10.1. The van der Waals surface area contributed by atoms with E-state index < -0.39 is 0 Å². The number of fused-ring (bicyclic) bond motifs is 1. The summed E-state index contributed by atoms with van der Waals surface area (Å²) >= 11 is 3.26. The minimum atomic E-state index is -0.286. The first-order chi connectivity index (χ1) is 19.6. The number of anilines is 3. The number of thiophene rings is 2. The molecule has 0 aliphatic carbocycles. The van der Waals surface area contributed by atoms with Crippen molar-refractivity contribution in [1.82, 2.24) is 0 Å². The minimum absolute atomic E-state index is 0.286. The number of ether oxygens (including phenoxy) is 1. The summed E-state index contributed by atoms with van der Waals surface area (Å²) in [5.74, 6) is -0.286. The number of nitrogens with zero attached hydrogens (tertiary/aromatic N) is 3. The van der Waals surface area contributed by atoms with Gasteiger partial charge >= 0.3 is 5.97 Å². The van der Waals surface area contributed by atoms with Gasteiger partial charge < -0.3 is 15.1 Å². The van der Waals surface area contributed by atoms with E-state index >= 15 is 0 Å². The highest BCUT2D eigenvalue weighted by atomic mass is 32.1. The smallest absolute Gasteiger partial charge is 0.338 e. The van der Waals surface area contributed by atoms with Gasteiger partial charge in [-0.2, -0.15) is 0 Å². The molecule has 0 unspecified atom stereocenters.